The summed E-state index contributed by atoms with van der Waals surface area (Å²) in [5.41, 5.74) is 0.729. The number of sulfonamides is 1. The molecule has 0 unspecified atom stereocenters. The summed E-state index contributed by atoms with van der Waals surface area (Å²) in [6.07, 6.45) is 0.607. The molecule has 0 fully saturated rings. The van der Waals surface area contributed by atoms with Crippen molar-refractivity contribution in [2.24, 2.45) is 0 Å². The molecule has 0 radical (unpaired) electrons. The Hall–Kier alpha value is -1.15. The van der Waals surface area contributed by atoms with Gasteiger partial charge in [-0.2, -0.15) is 0 Å². The van der Waals surface area contributed by atoms with Gasteiger partial charge in [0.25, 0.3) is 0 Å². The van der Waals surface area contributed by atoms with E-state index >= 15 is 0 Å². The molecular formula is C14H24N2O4S. The van der Waals surface area contributed by atoms with Crippen LogP contribution in [0.4, 0.5) is 0 Å². The first-order chi connectivity index (χ1) is 10.0. The van der Waals surface area contributed by atoms with Crippen molar-refractivity contribution in [1.82, 2.24) is 10.0 Å². The Bertz CT molecular complexity index is 532. The average molecular weight is 316 g/mol. The molecule has 0 aromatic heterocycles. The lowest BCUT2D eigenvalue weighted by Gasteiger charge is -2.13. The lowest BCUT2D eigenvalue weighted by atomic mass is 10.1. The largest absolute Gasteiger partial charge is 0.497 e. The molecule has 0 saturated carbocycles. The maximum Gasteiger partial charge on any atom is 0.240 e. The Morgan fingerprint density at radius 3 is 2.62 bits per heavy atom. The monoisotopic (exact) mass is 316 g/mol. The van der Waals surface area contributed by atoms with Crippen molar-refractivity contribution in [2.75, 3.05) is 40.5 Å². The zero-order valence-electron chi connectivity index (χ0n) is 12.8. The summed E-state index contributed by atoms with van der Waals surface area (Å²) >= 11 is 0. The zero-order chi connectivity index (χ0) is 15.7. The third-order valence-electron chi connectivity index (χ3n) is 2.94. The molecule has 1 rings (SSSR count). The van der Waals surface area contributed by atoms with Gasteiger partial charge in [-0.15, -0.1) is 0 Å². The predicted molar refractivity (Wildman–Crippen MR) is 82.3 cm³/mol. The van der Waals surface area contributed by atoms with E-state index in [1.54, 1.807) is 25.3 Å². The number of hydrogen-bond donors (Lipinski definition) is 2. The minimum Gasteiger partial charge on any atom is -0.497 e. The Labute approximate surface area is 126 Å². The number of nitrogens with one attached hydrogen (secondary N) is 2. The molecule has 0 aliphatic carbocycles. The number of likely N-dealkylation sites (N-methyl/N-ethyl adjacent to an activating group) is 1. The molecule has 0 aliphatic heterocycles. The van der Waals surface area contributed by atoms with Gasteiger partial charge in [-0.05, 0) is 50.7 Å². The van der Waals surface area contributed by atoms with Crippen molar-refractivity contribution in [3.8, 4) is 5.75 Å². The van der Waals surface area contributed by atoms with E-state index in [-0.39, 0.29) is 11.4 Å². The van der Waals surface area contributed by atoms with Crippen LogP contribution < -0.4 is 14.8 Å². The SMILES string of the molecule is CCOCCNS(=O)(=O)c1ccc(OC)cc1CCNC. The molecule has 21 heavy (non-hydrogen) atoms. The van der Waals surface area contributed by atoms with Crippen molar-refractivity contribution < 1.29 is 17.9 Å². The van der Waals surface area contributed by atoms with Crippen LogP contribution in [0.2, 0.25) is 0 Å². The van der Waals surface area contributed by atoms with Gasteiger partial charge in [0.2, 0.25) is 10.0 Å². The highest BCUT2D eigenvalue weighted by atomic mass is 32.2. The van der Waals surface area contributed by atoms with Crippen LogP contribution in [-0.2, 0) is 21.2 Å². The van der Waals surface area contributed by atoms with Crippen molar-refractivity contribution in [1.29, 1.82) is 0 Å². The van der Waals surface area contributed by atoms with Crippen LogP contribution in [0.3, 0.4) is 0 Å². The lowest BCUT2D eigenvalue weighted by Crippen LogP contribution is -2.28. The second-order valence-corrected chi connectivity index (χ2v) is 6.16. The van der Waals surface area contributed by atoms with Gasteiger partial charge in [-0.3, -0.25) is 0 Å². The minimum atomic E-state index is -3.54. The molecule has 1 aromatic carbocycles. The van der Waals surface area contributed by atoms with Gasteiger partial charge < -0.3 is 14.8 Å². The minimum absolute atomic E-state index is 0.258. The topological polar surface area (TPSA) is 76.7 Å². The van der Waals surface area contributed by atoms with Crippen molar-refractivity contribution in [2.45, 2.75) is 18.2 Å². The summed E-state index contributed by atoms with van der Waals surface area (Å²) in [4.78, 5) is 0.287. The molecule has 2 N–H and O–H groups in total. The third-order valence-corrected chi connectivity index (χ3v) is 4.51. The highest BCUT2D eigenvalue weighted by molar-refractivity contribution is 7.89. The average Bonchev–Trinajstić information content (AvgIpc) is 2.49. The molecule has 0 atom stereocenters. The zero-order valence-corrected chi connectivity index (χ0v) is 13.6. The molecule has 0 bridgehead atoms. The summed E-state index contributed by atoms with van der Waals surface area (Å²) in [6.45, 7) is 3.74. The third kappa shape index (κ3) is 5.62. The van der Waals surface area contributed by atoms with E-state index in [0.29, 0.717) is 31.9 Å². The van der Waals surface area contributed by atoms with Crippen LogP contribution in [-0.4, -0.2) is 48.9 Å². The highest BCUT2D eigenvalue weighted by Gasteiger charge is 2.18. The van der Waals surface area contributed by atoms with E-state index in [1.165, 1.54) is 0 Å². The van der Waals surface area contributed by atoms with Crippen LogP contribution in [0.25, 0.3) is 0 Å². The van der Waals surface area contributed by atoms with Gasteiger partial charge in [0.05, 0.1) is 18.6 Å². The van der Waals surface area contributed by atoms with Crippen LogP contribution >= 0.6 is 0 Å². The van der Waals surface area contributed by atoms with Crippen molar-refractivity contribution in [3.63, 3.8) is 0 Å². The van der Waals surface area contributed by atoms with Gasteiger partial charge in [0.15, 0.2) is 0 Å². The number of rotatable bonds is 10. The van der Waals surface area contributed by atoms with Crippen molar-refractivity contribution >= 4 is 10.0 Å². The van der Waals surface area contributed by atoms with Gasteiger partial charge >= 0.3 is 0 Å². The predicted octanol–water partition coefficient (Wildman–Crippen LogP) is 0.772. The standard InChI is InChI=1S/C14H24N2O4S/c1-4-20-10-9-16-21(17,18)14-6-5-13(19-3)11-12(14)7-8-15-2/h5-6,11,15-16H,4,7-10H2,1-3H3. The number of hydrogen-bond acceptors (Lipinski definition) is 5. The maximum atomic E-state index is 12.4. The molecule has 0 saturated heterocycles. The summed E-state index contributed by atoms with van der Waals surface area (Å²) in [6, 6.07) is 4.99. The molecule has 0 amide bonds. The Morgan fingerprint density at radius 1 is 1.24 bits per heavy atom. The Kier molecular flexibility index (Phi) is 7.66. The van der Waals surface area contributed by atoms with E-state index in [2.05, 4.69) is 10.0 Å². The molecule has 0 aliphatic rings. The quantitative estimate of drug-likeness (QED) is 0.624. The second kappa shape index (κ2) is 8.99. The second-order valence-electron chi connectivity index (χ2n) is 4.42. The Balaban J connectivity index is 2.92. The lowest BCUT2D eigenvalue weighted by molar-refractivity contribution is 0.153. The van der Waals surface area contributed by atoms with E-state index in [4.69, 9.17) is 9.47 Å². The summed E-state index contributed by atoms with van der Waals surface area (Å²) < 4.78 is 37.6. The van der Waals surface area contributed by atoms with E-state index < -0.39 is 10.0 Å². The molecule has 120 valence electrons. The number of ether oxygens (including phenoxy) is 2. The molecular weight excluding hydrogens is 292 g/mol. The van der Waals surface area contributed by atoms with Crippen LogP contribution in [0.5, 0.6) is 5.75 Å². The first-order valence-electron chi connectivity index (χ1n) is 6.94. The normalized spacial score (nSPS) is 11.6. The van der Waals surface area contributed by atoms with Gasteiger partial charge in [0, 0.05) is 13.2 Å². The van der Waals surface area contributed by atoms with Crippen LogP contribution in [0, 0.1) is 0 Å². The van der Waals surface area contributed by atoms with Crippen LogP contribution in [0.15, 0.2) is 23.1 Å². The first kappa shape index (κ1) is 17.9. The van der Waals surface area contributed by atoms with Crippen LogP contribution in [0.1, 0.15) is 12.5 Å². The van der Waals surface area contributed by atoms with Gasteiger partial charge in [-0.1, -0.05) is 0 Å². The molecule has 6 nitrogen and oxygen atoms in total. The molecule has 7 heteroatoms. The van der Waals surface area contributed by atoms with Gasteiger partial charge in [0.1, 0.15) is 5.75 Å². The fraction of sp³-hybridized carbons (Fsp3) is 0.571. The summed E-state index contributed by atoms with van der Waals surface area (Å²) in [7, 11) is -0.151. The van der Waals surface area contributed by atoms with E-state index in [0.717, 1.165) is 5.56 Å². The summed E-state index contributed by atoms with van der Waals surface area (Å²) in [5.74, 6) is 0.648. The Morgan fingerprint density at radius 2 is 2.00 bits per heavy atom. The molecule has 0 heterocycles. The number of methoxy groups -OCH3 is 1. The molecule has 0 spiro atoms. The number of benzene rings is 1. The maximum absolute atomic E-state index is 12.4. The molecule has 1 aromatic rings. The first-order valence-corrected chi connectivity index (χ1v) is 8.42. The highest BCUT2D eigenvalue weighted by Crippen LogP contribution is 2.22. The fourth-order valence-electron chi connectivity index (χ4n) is 1.87. The van der Waals surface area contributed by atoms with Gasteiger partial charge in [-0.25, -0.2) is 13.1 Å². The fourth-order valence-corrected chi connectivity index (χ4v) is 3.13. The van der Waals surface area contributed by atoms with E-state index in [1.807, 2.05) is 14.0 Å². The smallest absolute Gasteiger partial charge is 0.240 e. The van der Waals surface area contributed by atoms with E-state index in [9.17, 15) is 8.42 Å². The summed E-state index contributed by atoms with van der Waals surface area (Å²) in [5, 5.41) is 3.02. The van der Waals surface area contributed by atoms with Crippen molar-refractivity contribution in [3.05, 3.63) is 23.8 Å².